The lowest BCUT2D eigenvalue weighted by Gasteiger charge is -2.05. The zero-order valence-corrected chi connectivity index (χ0v) is 15.1. The second-order valence-corrected chi connectivity index (χ2v) is 7.72. The Morgan fingerprint density at radius 2 is 1.81 bits per heavy atom. The number of carbonyl (C=O) groups excluding carboxylic acids is 1. The lowest BCUT2D eigenvalue weighted by Crippen LogP contribution is -2.15. The maximum atomic E-state index is 12.0. The minimum Gasteiger partial charge on any atom is -0.325 e. The van der Waals surface area contributed by atoms with E-state index in [1.165, 1.54) is 36.0 Å². The van der Waals surface area contributed by atoms with Crippen molar-refractivity contribution in [2.45, 2.75) is 10.1 Å². The Morgan fingerprint density at radius 1 is 1.12 bits per heavy atom. The largest absolute Gasteiger partial charge is 0.325 e. The predicted octanol–water partition coefficient (Wildman–Crippen LogP) is 1.65. The van der Waals surface area contributed by atoms with Gasteiger partial charge in [-0.05, 0) is 36.4 Å². The highest BCUT2D eigenvalue weighted by atomic mass is 32.2. The molecular formula is C16H15N5O3S2. The number of hydrogen-bond donors (Lipinski definition) is 2. The van der Waals surface area contributed by atoms with E-state index in [0.29, 0.717) is 10.8 Å². The third kappa shape index (κ3) is 4.69. The maximum absolute atomic E-state index is 12.0. The molecule has 10 heteroatoms. The van der Waals surface area contributed by atoms with Crippen LogP contribution in [0.15, 0.2) is 71.0 Å². The summed E-state index contributed by atoms with van der Waals surface area (Å²) < 4.78 is 24.0. The van der Waals surface area contributed by atoms with E-state index in [2.05, 4.69) is 15.4 Å². The van der Waals surface area contributed by atoms with Crippen molar-refractivity contribution >= 4 is 33.4 Å². The Kier molecular flexibility index (Phi) is 5.35. The Morgan fingerprint density at radius 3 is 2.46 bits per heavy atom. The van der Waals surface area contributed by atoms with Gasteiger partial charge < -0.3 is 5.32 Å². The Balaban J connectivity index is 1.55. The van der Waals surface area contributed by atoms with Gasteiger partial charge in [-0.25, -0.2) is 23.2 Å². The fourth-order valence-electron chi connectivity index (χ4n) is 2.07. The number of rotatable bonds is 6. The van der Waals surface area contributed by atoms with Crippen molar-refractivity contribution in [3.8, 4) is 5.69 Å². The van der Waals surface area contributed by atoms with Gasteiger partial charge in [0.05, 0.1) is 16.3 Å². The van der Waals surface area contributed by atoms with Crippen molar-refractivity contribution in [1.29, 1.82) is 0 Å². The molecule has 0 bridgehead atoms. The predicted molar refractivity (Wildman–Crippen MR) is 98.5 cm³/mol. The molecule has 3 rings (SSSR count). The maximum Gasteiger partial charge on any atom is 0.238 e. The van der Waals surface area contributed by atoms with Gasteiger partial charge in [0.15, 0.2) is 0 Å². The molecule has 134 valence electrons. The molecule has 0 radical (unpaired) electrons. The highest BCUT2D eigenvalue weighted by Gasteiger charge is 2.10. The fourth-order valence-corrected chi connectivity index (χ4v) is 3.19. The summed E-state index contributed by atoms with van der Waals surface area (Å²) in [5, 5.41) is 12.5. The van der Waals surface area contributed by atoms with Crippen molar-refractivity contribution in [3.05, 3.63) is 60.9 Å². The second-order valence-electron chi connectivity index (χ2n) is 5.21. The van der Waals surface area contributed by atoms with E-state index in [1.54, 1.807) is 11.0 Å². The standard InChI is InChI=1S/C16H15N5O3S2/c17-26(23,24)14-8-6-12(7-9-14)19-15(22)10-25-16-18-11-21(20-16)13-4-2-1-3-5-13/h1-9,11H,10H2,(H,19,22)(H2,17,23,24). The number of para-hydroxylation sites is 1. The van der Waals surface area contributed by atoms with Crippen LogP contribution in [0.4, 0.5) is 5.69 Å². The van der Waals surface area contributed by atoms with Crippen LogP contribution in [0.5, 0.6) is 0 Å². The first-order valence-electron chi connectivity index (χ1n) is 7.44. The van der Waals surface area contributed by atoms with Crippen molar-refractivity contribution in [3.63, 3.8) is 0 Å². The van der Waals surface area contributed by atoms with Crippen LogP contribution in [0.25, 0.3) is 5.69 Å². The highest BCUT2D eigenvalue weighted by Crippen LogP contribution is 2.16. The molecule has 26 heavy (non-hydrogen) atoms. The number of nitrogens with zero attached hydrogens (tertiary/aromatic N) is 3. The van der Waals surface area contributed by atoms with E-state index in [1.807, 2.05) is 30.3 Å². The first-order valence-corrected chi connectivity index (χ1v) is 9.97. The molecule has 3 aromatic rings. The third-order valence-electron chi connectivity index (χ3n) is 3.29. The summed E-state index contributed by atoms with van der Waals surface area (Å²) in [5.74, 6) is -0.134. The third-order valence-corrected chi connectivity index (χ3v) is 5.07. The molecular weight excluding hydrogens is 374 g/mol. The van der Waals surface area contributed by atoms with Gasteiger partial charge in [-0.2, -0.15) is 0 Å². The molecule has 2 aromatic carbocycles. The molecule has 3 N–H and O–H groups in total. The van der Waals surface area contributed by atoms with Gasteiger partial charge in [0.1, 0.15) is 6.33 Å². The molecule has 0 saturated carbocycles. The molecule has 0 aliphatic carbocycles. The van der Waals surface area contributed by atoms with Gasteiger partial charge in [-0.3, -0.25) is 4.79 Å². The van der Waals surface area contributed by atoms with Crippen LogP contribution in [0.3, 0.4) is 0 Å². The van der Waals surface area contributed by atoms with Crippen LogP contribution >= 0.6 is 11.8 Å². The van der Waals surface area contributed by atoms with Gasteiger partial charge in [0.2, 0.25) is 21.1 Å². The normalized spacial score (nSPS) is 11.3. The summed E-state index contributed by atoms with van der Waals surface area (Å²) in [4.78, 5) is 16.2. The molecule has 0 saturated heterocycles. The Hall–Kier alpha value is -2.69. The van der Waals surface area contributed by atoms with Crippen LogP contribution in [0.1, 0.15) is 0 Å². The summed E-state index contributed by atoms with van der Waals surface area (Å²) >= 11 is 1.20. The molecule has 0 fully saturated rings. The number of sulfonamides is 1. The monoisotopic (exact) mass is 389 g/mol. The zero-order chi connectivity index (χ0) is 18.6. The van der Waals surface area contributed by atoms with E-state index in [-0.39, 0.29) is 16.6 Å². The quantitative estimate of drug-likeness (QED) is 0.619. The van der Waals surface area contributed by atoms with Crippen LogP contribution < -0.4 is 10.5 Å². The molecule has 1 amide bonds. The average molecular weight is 389 g/mol. The number of nitrogens with two attached hydrogens (primary N) is 1. The smallest absolute Gasteiger partial charge is 0.238 e. The zero-order valence-electron chi connectivity index (χ0n) is 13.4. The molecule has 8 nitrogen and oxygen atoms in total. The summed E-state index contributed by atoms with van der Waals surface area (Å²) in [7, 11) is -3.75. The van der Waals surface area contributed by atoms with E-state index in [9.17, 15) is 13.2 Å². The lowest BCUT2D eigenvalue weighted by atomic mass is 10.3. The van der Waals surface area contributed by atoms with Gasteiger partial charge in [0.25, 0.3) is 0 Å². The number of benzene rings is 2. The van der Waals surface area contributed by atoms with Crippen LogP contribution in [0.2, 0.25) is 0 Å². The summed E-state index contributed by atoms with van der Waals surface area (Å²) in [6, 6.07) is 15.1. The van der Waals surface area contributed by atoms with Crippen molar-refractivity contribution < 1.29 is 13.2 Å². The van der Waals surface area contributed by atoms with Gasteiger partial charge in [-0.1, -0.05) is 30.0 Å². The first-order chi connectivity index (χ1) is 12.4. The van der Waals surface area contributed by atoms with E-state index < -0.39 is 10.0 Å². The number of carbonyl (C=O) groups is 1. The first kappa shape index (κ1) is 18.1. The molecule has 0 spiro atoms. The number of hydrogen-bond acceptors (Lipinski definition) is 6. The lowest BCUT2D eigenvalue weighted by molar-refractivity contribution is -0.113. The number of nitrogens with one attached hydrogen (secondary N) is 1. The molecule has 0 aliphatic heterocycles. The summed E-state index contributed by atoms with van der Waals surface area (Å²) in [6.45, 7) is 0. The second kappa shape index (κ2) is 7.68. The molecule has 0 aliphatic rings. The SMILES string of the molecule is NS(=O)(=O)c1ccc(NC(=O)CSc2ncn(-c3ccccc3)n2)cc1. The van der Waals surface area contributed by atoms with Crippen molar-refractivity contribution in [2.24, 2.45) is 5.14 Å². The van der Waals surface area contributed by atoms with E-state index in [0.717, 1.165) is 5.69 Å². The van der Waals surface area contributed by atoms with Crippen molar-refractivity contribution in [1.82, 2.24) is 14.8 Å². The van der Waals surface area contributed by atoms with E-state index >= 15 is 0 Å². The number of amides is 1. The minimum atomic E-state index is -3.75. The Bertz CT molecular complexity index is 1000. The summed E-state index contributed by atoms with van der Waals surface area (Å²) in [5.41, 5.74) is 1.36. The van der Waals surface area contributed by atoms with Crippen LogP contribution in [-0.4, -0.2) is 34.8 Å². The topological polar surface area (TPSA) is 120 Å². The highest BCUT2D eigenvalue weighted by molar-refractivity contribution is 7.99. The van der Waals surface area contributed by atoms with Gasteiger partial charge in [-0.15, -0.1) is 5.10 Å². The fraction of sp³-hybridized carbons (Fsp3) is 0.0625. The molecule has 0 unspecified atom stereocenters. The summed E-state index contributed by atoms with van der Waals surface area (Å²) in [6.07, 6.45) is 1.58. The Labute approximate surface area is 154 Å². The number of anilines is 1. The van der Waals surface area contributed by atoms with E-state index in [4.69, 9.17) is 5.14 Å². The molecule has 0 atom stereocenters. The number of thioether (sulfide) groups is 1. The van der Waals surface area contributed by atoms with Crippen LogP contribution in [0, 0.1) is 0 Å². The minimum absolute atomic E-state index is 0.0134. The average Bonchev–Trinajstić information content (AvgIpc) is 3.09. The van der Waals surface area contributed by atoms with Crippen molar-refractivity contribution in [2.75, 3.05) is 11.1 Å². The number of aromatic nitrogens is 3. The molecule has 1 aromatic heterocycles. The van der Waals surface area contributed by atoms with Gasteiger partial charge in [0, 0.05) is 5.69 Å². The number of primary sulfonamides is 1. The van der Waals surface area contributed by atoms with Crippen LogP contribution in [-0.2, 0) is 14.8 Å². The molecule has 1 heterocycles. The van der Waals surface area contributed by atoms with Gasteiger partial charge >= 0.3 is 0 Å².